The van der Waals surface area contributed by atoms with Gasteiger partial charge in [0.05, 0.1) is 0 Å². The van der Waals surface area contributed by atoms with Crippen LogP contribution in [0.25, 0.3) is 0 Å². The van der Waals surface area contributed by atoms with Crippen molar-refractivity contribution in [2.75, 3.05) is 11.9 Å². The first-order chi connectivity index (χ1) is 14.0. The third kappa shape index (κ3) is 4.18. The lowest BCUT2D eigenvalue weighted by molar-refractivity contribution is 0.288. The highest BCUT2D eigenvalue weighted by atomic mass is 19.1. The molecule has 6 nitrogen and oxygen atoms in total. The molecule has 1 aliphatic rings. The van der Waals surface area contributed by atoms with Crippen LogP contribution >= 0.6 is 0 Å². The molecular weight excluding hydrogens is 387 g/mol. The Morgan fingerprint density at radius 1 is 1.10 bits per heavy atom. The summed E-state index contributed by atoms with van der Waals surface area (Å²) in [5.41, 5.74) is -0.278. The van der Waals surface area contributed by atoms with Gasteiger partial charge in [-0.15, -0.1) is 0 Å². The van der Waals surface area contributed by atoms with E-state index in [-0.39, 0.29) is 23.8 Å². The van der Waals surface area contributed by atoms with Crippen molar-refractivity contribution in [3.8, 4) is 17.4 Å². The van der Waals surface area contributed by atoms with E-state index < -0.39 is 28.9 Å². The van der Waals surface area contributed by atoms with E-state index in [0.29, 0.717) is 12.4 Å². The first-order valence-corrected chi connectivity index (χ1v) is 8.89. The van der Waals surface area contributed by atoms with Crippen molar-refractivity contribution in [3.05, 3.63) is 76.0 Å². The highest BCUT2D eigenvalue weighted by Gasteiger charge is 2.16. The summed E-state index contributed by atoms with van der Waals surface area (Å²) in [7, 11) is 0. The smallest absolute Gasteiger partial charge is 0.352 e. The Hall–Kier alpha value is -3.49. The second-order valence-corrected chi connectivity index (χ2v) is 6.43. The number of nitrogens with zero attached hydrogens (tertiary/aromatic N) is 2. The van der Waals surface area contributed by atoms with Gasteiger partial charge in [0.2, 0.25) is 5.88 Å². The van der Waals surface area contributed by atoms with E-state index in [4.69, 9.17) is 9.47 Å². The van der Waals surface area contributed by atoms with Gasteiger partial charge in [0.15, 0.2) is 17.4 Å². The summed E-state index contributed by atoms with van der Waals surface area (Å²) >= 11 is 0. The minimum absolute atomic E-state index is 0.0296. The van der Waals surface area contributed by atoms with E-state index >= 15 is 0 Å². The van der Waals surface area contributed by atoms with Crippen molar-refractivity contribution in [1.82, 2.24) is 9.55 Å². The molecule has 0 bridgehead atoms. The zero-order valence-electron chi connectivity index (χ0n) is 15.1. The average molecular weight is 403 g/mol. The van der Waals surface area contributed by atoms with Crippen LogP contribution in [0.15, 0.2) is 47.3 Å². The standard InChI is InChI=1S/C20H16F3N3O3/c21-13-3-1-4-14(9-13)29-19-15(22)7-12(8-16(19)23)11-28-18-10-17-24-5-2-6-26(17)20(27)25-18/h1,3-4,7-10,24H,2,5-6,11H2. The fourth-order valence-electron chi connectivity index (χ4n) is 2.97. The van der Waals surface area contributed by atoms with Crippen LogP contribution in [0.1, 0.15) is 12.0 Å². The number of aromatic nitrogens is 2. The van der Waals surface area contributed by atoms with Gasteiger partial charge >= 0.3 is 5.69 Å². The van der Waals surface area contributed by atoms with E-state index in [1.165, 1.54) is 22.8 Å². The third-order valence-electron chi connectivity index (χ3n) is 4.31. The molecule has 3 aromatic rings. The Balaban J connectivity index is 1.50. The van der Waals surface area contributed by atoms with Gasteiger partial charge in [0.25, 0.3) is 0 Å². The highest BCUT2D eigenvalue weighted by Crippen LogP contribution is 2.29. The molecule has 0 unspecified atom stereocenters. The number of rotatable bonds is 5. The summed E-state index contributed by atoms with van der Waals surface area (Å²) in [5.74, 6) is -2.55. The largest absolute Gasteiger partial charge is 0.473 e. The summed E-state index contributed by atoms with van der Waals surface area (Å²) < 4.78 is 53.9. The van der Waals surface area contributed by atoms with Gasteiger partial charge in [-0.25, -0.2) is 18.0 Å². The normalized spacial score (nSPS) is 12.8. The van der Waals surface area contributed by atoms with Crippen molar-refractivity contribution in [2.24, 2.45) is 0 Å². The van der Waals surface area contributed by atoms with E-state index in [0.717, 1.165) is 31.2 Å². The number of hydrogen-bond acceptors (Lipinski definition) is 5. The van der Waals surface area contributed by atoms with Gasteiger partial charge in [0, 0.05) is 25.2 Å². The van der Waals surface area contributed by atoms with Gasteiger partial charge < -0.3 is 14.8 Å². The van der Waals surface area contributed by atoms with Gasteiger partial charge in [0.1, 0.15) is 24.0 Å². The number of halogens is 3. The van der Waals surface area contributed by atoms with E-state index in [2.05, 4.69) is 10.3 Å². The fourth-order valence-corrected chi connectivity index (χ4v) is 2.97. The summed E-state index contributed by atoms with van der Waals surface area (Å²) in [4.78, 5) is 15.8. The SMILES string of the molecule is O=c1nc(OCc2cc(F)c(Oc3cccc(F)c3)c(F)c2)cc2n1CCCN2. The minimum Gasteiger partial charge on any atom is -0.473 e. The Bertz CT molecular complexity index is 1090. The molecule has 150 valence electrons. The number of hydrogen-bond donors (Lipinski definition) is 1. The second-order valence-electron chi connectivity index (χ2n) is 6.43. The molecule has 29 heavy (non-hydrogen) atoms. The molecule has 0 saturated carbocycles. The van der Waals surface area contributed by atoms with E-state index in [1.54, 1.807) is 6.07 Å². The predicted molar refractivity (Wildman–Crippen MR) is 98.8 cm³/mol. The van der Waals surface area contributed by atoms with E-state index in [1.807, 2.05) is 0 Å². The van der Waals surface area contributed by atoms with Crippen LogP contribution in [-0.2, 0) is 13.2 Å². The zero-order chi connectivity index (χ0) is 20.4. The van der Waals surface area contributed by atoms with Crippen LogP contribution in [0.4, 0.5) is 19.0 Å². The Labute approximate surface area is 163 Å². The Morgan fingerprint density at radius 3 is 2.66 bits per heavy atom. The van der Waals surface area contributed by atoms with E-state index in [9.17, 15) is 18.0 Å². The van der Waals surface area contributed by atoms with Crippen molar-refractivity contribution >= 4 is 5.82 Å². The van der Waals surface area contributed by atoms with Gasteiger partial charge in [-0.2, -0.15) is 4.98 Å². The molecule has 0 spiro atoms. The summed E-state index contributed by atoms with van der Waals surface area (Å²) in [6.45, 7) is 1.09. The van der Waals surface area contributed by atoms with Crippen LogP contribution in [0.2, 0.25) is 0 Å². The second kappa shape index (κ2) is 7.86. The van der Waals surface area contributed by atoms with Crippen LogP contribution in [0.5, 0.6) is 17.4 Å². The summed E-state index contributed by atoms with van der Waals surface area (Å²) in [6.07, 6.45) is 0.817. The third-order valence-corrected chi connectivity index (χ3v) is 4.31. The maximum absolute atomic E-state index is 14.3. The maximum atomic E-state index is 14.3. The Kier molecular flexibility index (Phi) is 5.11. The van der Waals surface area contributed by atoms with Crippen molar-refractivity contribution in [1.29, 1.82) is 0 Å². The number of fused-ring (bicyclic) bond motifs is 1. The van der Waals surface area contributed by atoms with Crippen LogP contribution < -0.4 is 20.5 Å². The van der Waals surface area contributed by atoms with Crippen molar-refractivity contribution in [2.45, 2.75) is 19.6 Å². The zero-order valence-corrected chi connectivity index (χ0v) is 15.1. The monoisotopic (exact) mass is 403 g/mol. The number of anilines is 1. The molecule has 1 N–H and O–H groups in total. The minimum atomic E-state index is -0.965. The van der Waals surface area contributed by atoms with Gasteiger partial charge in [-0.3, -0.25) is 4.57 Å². The molecule has 0 amide bonds. The molecule has 2 aromatic carbocycles. The average Bonchev–Trinajstić information content (AvgIpc) is 2.69. The fraction of sp³-hybridized carbons (Fsp3) is 0.200. The molecule has 0 radical (unpaired) electrons. The predicted octanol–water partition coefficient (Wildman–Crippen LogP) is 3.85. The quantitative estimate of drug-likeness (QED) is 0.701. The molecule has 2 heterocycles. The molecule has 0 atom stereocenters. The number of ether oxygens (including phenoxy) is 2. The lowest BCUT2D eigenvalue weighted by Gasteiger charge is -2.19. The lowest BCUT2D eigenvalue weighted by Crippen LogP contribution is -2.30. The Morgan fingerprint density at radius 2 is 1.90 bits per heavy atom. The topological polar surface area (TPSA) is 65.4 Å². The van der Waals surface area contributed by atoms with Gasteiger partial charge in [-0.05, 0) is 36.2 Å². The van der Waals surface area contributed by atoms with Crippen LogP contribution in [-0.4, -0.2) is 16.1 Å². The first-order valence-electron chi connectivity index (χ1n) is 8.89. The molecule has 4 rings (SSSR count). The molecule has 1 aliphatic heterocycles. The van der Waals surface area contributed by atoms with Crippen LogP contribution in [0, 0.1) is 17.5 Å². The molecule has 0 aliphatic carbocycles. The van der Waals surface area contributed by atoms with Gasteiger partial charge in [-0.1, -0.05) is 6.07 Å². The number of nitrogens with one attached hydrogen (secondary N) is 1. The summed E-state index contributed by atoms with van der Waals surface area (Å²) in [5, 5.41) is 3.07. The lowest BCUT2D eigenvalue weighted by atomic mass is 10.2. The molecule has 1 aromatic heterocycles. The van der Waals surface area contributed by atoms with Crippen molar-refractivity contribution in [3.63, 3.8) is 0 Å². The molecular formula is C20H16F3N3O3. The van der Waals surface area contributed by atoms with Crippen molar-refractivity contribution < 1.29 is 22.6 Å². The molecule has 0 saturated heterocycles. The molecule has 9 heteroatoms. The number of benzene rings is 2. The molecule has 0 fully saturated rings. The highest BCUT2D eigenvalue weighted by molar-refractivity contribution is 5.40. The summed E-state index contributed by atoms with van der Waals surface area (Å²) in [6, 6.07) is 8.61. The first kappa shape index (κ1) is 18.9. The van der Waals surface area contributed by atoms with Crippen LogP contribution in [0.3, 0.4) is 0 Å². The maximum Gasteiger partial charge on any atom is 0.352 e.